The van der Waals surface area contributed by atoms with Gasteiger partial charge in [-0.3, -0.25) is 4.79 Å². The zero-order chi connectivity index (χ0) is 28.0. The normalized spacial score (nSPS) is 30.3. The monoisotopic (exact) mass is 540 g/mol. The van der Waals surface area contributed by atoms with Gasteiger partial charge in [0.25, 0.3) is 0 Å². The number of hydrogen-bond donors (Lipinski definition) is 6. The van der Waals surface area contributed by atoms with Crippen LogP contribution in [-0.4, -0.2) is 99.9 Å². The fraction of sp³-hybridized carbons (Fsp3) is 0.520. The van der Waals surface area contributed by atoms with E-state index in [1.165, 1.54) is 12.1 Å². The summed E-state index contributed by atoms with van der Waals surface area (Å²) in [7, 11) is 1.16. The van der Waals surface area contributed by atoms with Crippen molar-refractivity contribution in [3.63, 3.8) is 0 Å². The molecular weight excluding hydrogens is 508 g/mol. The Balaban J connectivity index is 1.71. The predicted molar refractivity (Wildman–Crippen MR) is 126 cm³/mol. The summed E-state index contributed by atoms with van der Waals surface area (Å²) in [4.78, 5) is 25.1. The molecule has 210 valence electrons. The molecule has 0 aliphatic carbocycles. The van der Waals surface area contributed by atoms with Gasteiger partial charge in [0.15, 0.2) is 17.8 Å². The first-order chi connectivity index (χ1) is 18.1. The van der Waals surface area contributed by atoms with Gasteiger partial charge in [-0.25, -0.2) is 4.79 Å². The molecule has 13 nitrogen and oxygen atoms in total. The maximum absolute atomic E-state index is 12.7. The van der Waals surface area contributed by atoms with Gasteiger partial charge in [0.1, 0.15) is 24.4 Å². The number of carbonyl (C=O) groups is 2. The van der Waals surface area contributed by atoms with Crippen molar-refractivity contribution >= 4 is 11.9 Å². The van der Waals surface area contributed by atoms with E-state index in [4.69, 9.17) is 23.7 Å². The van der Waals surface area contributed by atoms with Crippen molar-refractivity contribution in [2.45, 2.75) is 56.8 Å². The van der Waals surface area contributed by atoms with E-state index >= 15 is 0 Å². The van der Waals surface area contributed by atoms with Gasteiger partial charge in [-0.15, -0.1) is 0 Å². The molecule has 2 heterocycles. The number of carbonyl (C=O) groups excluding carboxylic acids is 2. The lowest BCUT2D eigenvalue weighted by Gasteiger charge is -2.41. The first kappa shape index (κ1) is 29.4. The lowest BCUT2D eigenvalue weighted by molar-refractivity contribution is -0.327. The summed E-state index contributed by atoms with van der Waals surface area (Å²) in [5, 5.41) is 58.8. The highest BCUT2D eigenvalue weighted by Gasteiger charge is 2.46. The van der Waals surface area contributed by atoms with Crippen molar-refractivity contribution in [2.75, 3.05) is 20.3 Å². The van der Waals surface area contributed by atoms with Crippen molar-refractivity contribution < 1.29 is 63.9 Å². The van der Waals surface area contributed by atoms with Gasteiger partial charge in [0, 0.05) is 17.9 Å². The number of esters is 2. The first-order valence-corrected chi connectivity index (χ1v) is 11.8. The molecule has 6 N–H and O–H groups in total. The van der Waals surface area contributed by atoms with Crippen LogP contribution in [0.3, 0.4) is 0 Å². The Morgan fingerprint density at radius 3 is 2.45 bits per heavy atom. The number of benzene rings is 1. The molecular formula is C25H32O13. The minimum atomic E-state index is -1.69. The van der Waals surface area contributed by atoms with Crippen LogP contribution >= 0.6 is 0 Å². The lowest BCUT2D eigenvalue weighted by atomic mass is 9.86. The second kappa shape index (κ2) is 13.0. The largest absolute Gasteiger partial charge is 0.504 e. The summed E-state index contributed by atoms with van der Waals surface area (Å²) < 4.78 is 26.7. The molecule has 1 saturated heterocycles. The quantitative estimate of drug-likeness (QED) is 0.131. The van der Waals surface area contributed by atoms with Crippen LogP contribution in [0.25, 0.3) is 0 Å². The van der Waals surface area contributed by atoms with Gasteiger partial charge >= 0.3 is 11.9 Å². The lowest BCUT2D eigenvalue weighted by Crippen LogP contribution is -2.60. The second-order valence-electron chi connectivity index (χ2n) is 8.71. The molecule has 0 saturated carbocycles. The molecule has 7 atom stereocenters. The average Bonchev–Trinajstić information content (AvgIpc) is 2.90. The summed E-state index contributed by atoms with van der Waals surface area (Å²) in [5.74, 6) is -2.89. The molecule has 0 radical (unpaired) electrons. The summed E-state index contributed by atoms with van der Waals surface area (Å²) in [5.41, 5.74) is 0.927. The molecule has 7 unspecified atom stereocenters. The van der Waals surface area contributed by atoms with E-state index in [2.05, 4.69) is 0 Å². The predicted octanol–water partition coefficient (Wildman–Crippen LogP) is -0.634. The molecule has 0 amide bonds. The second-order valence-corrected chi connectivity index (χ2v) is 8.71. The molecule has 1 fully saturated rings. The van der Waals surface area contributed by atoms with Crippen molar-refractivity contribution in [1.29, 1.82) is 0 Å². The molecule has 2 aliphatic rings. The smallest absolute Gasteiger partial charge is 0.337 e. The number of phenolic OH excluding ortho intramolecular Hbond substituents is 2. The number of aromatic hydroxyl groups is 2. The SMILES string of the molecule is C/C=C1\C(OC2OC(CO)C(O)C(O)C2O)OC=C(C(=O)OC)C1CC(=O)OCCc1ccc(O)c(O)c1. The van der Waals surface area contributed by atoms with Gasteiger partial charge in [-0.2, -0.15) is 0 Å². The maximum atomic E-state index is 12.7. The van der Waals surface area contributed by atoms with E-state index in [9.17, 15) is 40.2 Å². The van der Waals surface area contributed by atoms with E-state index < -0.39 is 61.5 Å². The summed E-state index contributed by atoms with van der Waals surface area (Å²) in [6.07, 6.45) is -6.39. The Morgan fingerprint density at radius 1 is 1.08 bits per heavy atom. The third kappa shape index (κ3) is 6.62. The summed E-state index contributed by atoms with van der Waals surface area (Å²) in [6.45, 7) is 0.912. The Hall–Kier alpha value is -3.20. The third-order valence-corrected chi connectivity index (χ3v) is 6.29. The zero-order valence-corrected chi connectivity index (χ0v) is 20.8. The van der Waals surface area contributed by atoms with Crippen LogP contribution in [0.1, 0.15) is 18.9 Å². The topological polar surface area (TPSA) is 202 Å². The highest BCUT2D eigenvalue weighted by atomic mass is 16.8. The molecule has 13 heteroatoms. The van der Waals surface area contributed by atoms with E-state index in [1.54, 1.807) is 19.1 Å². The van der Waals surface area contributed by atoms with Crippen LogP contribution < -0.4 is 0 Å². The maximum Gasteiger partial charge on any atom is 0.337 e. The number of aliphatic hydroxyl groups excluding tert-OH is 4. The van der Waals surface area contributed by atoms with Crippen LogP contribution in [-0.2, 0) is 39.7 Å². The Morgan fingerprint density at radius 2 is 1.82 bits per heavy atom. The fourth-order valence-electron chi connectivity index (χ4n) is 4.16. The van der Waals surface area contributed by atoms with E-state index in [0.29, 0.717) is 11.1 Å². The zero-order valence-electron chi connectivity index (χ0n) is 20.8. The average molecular weight is 541 g/mol. The van der Waals surface area contributed by atoms with Gasteiger partial charge in [-0.05, 0) is 24.6 Å². The Bertz CT molecular complexity index is 1050. The molecule has 0 spiro atoms. The number of rotatable bonds is 9. The molecule has 0 aromatic heterocycles. The number of ether oxygens (including phenoxy) is 5. The van der Waals surface area contributed by atoms with Gasteiger partial charge in [0.2, 0.25) is 6.29 Å². The van der Waals surface area contributed by atoms with E-state index in [0.717, 1.165) is 13.4 Å². The standard InChI is InChI=1S/C25H32O13/c1-3-13-14(9-19(29)35-7-6-12-4-5-16(27)17(28)8-12)15(23(33)34-2)11-36-24(13)38-25-22(32)21(31)20(30)18(10-26)37-25/h3-5,8,11,14,18,20-22,24-28,30-32H,6-7,9-10H2,1-2H3/b13-3-. The Kier molecular flexibility index (Phi) is 10.1. The van der Waals surface area contributed by atoms with Crippen molar-refractivity contribution in [1.82, 2.24) is 0 Å². The van der Waals surface area contributed by atoms with Crippen LogP contribution in [0, 0.1) is 5.92 Å². The highest BCUT2D eigenvalue weighted by molar-refractivity contribution is 5.90. The Labute approximate surface area is 218 Å². The number of hydrogen-bond acceptors (Lipinski definition) is 13. The van der Waals surface area contributed by atoms with Crippen LogP contribution in [0.2, 0.25) is 0 Å². The summed E-state index contributed by atoms with van der Waals surface area (Å²) in [6, 6.07) is 4.23. The molecule has 1 aromatic rings. The first-order valence-electron chi connectivity index (χ1n) is 11.8. The van der Waals surface area contributed by atoms with Crippen molar-refractivity contribution in [3.05, 3.63) is 47.2 Å². The van der Waals surface area contributed by atoms with E-state index in [1.807, 2.05) is 0 Å². The van der Waals surface area contributed by atoms with Gasteiger partial charge in [-0.1, -0.05) is 12.1 Å². The molecule has 0 bridgehead atoms. The van der Waals surface area contributed by atoms with Crippen molar-refractivity contribution in [2.24, 2.45) is 5.92 Å². The third-order valence-electron chi connectivity index (χ3n) is 6.29. The molecule has 38 heavy (non-hydrogen) atoms. The number of phenols is 2. The number of allylic oxidation sites excluding steroid dienone is 1. The highest BCUT2D eigenvalue weighted by Crippen LogP contribution is 2.36. The van der Waals surface area contributed by atoms with Gasteiger partial charge in [0.05, 0.1) is 38.6 Å². The van der Waals surface area contributed by atoms with Crippen LogP contribution in [0.15, 0.2) is 41.7 Å². The van der Waals surface area contributed by atoms with Crippen LogP contribution in [0.5, 0.6) is 11.5 Å². The van der Waals surface area contributed by atoms with Gasteiger partial charge < -0.3 is 54.3 Å². The number of aliphatic hydroxyl groups is 4. The van der Waals surface area contributed by atoms with E-state index in [-0.39, 0.29) is 36.5 Å². The minimum Gasteiger partial charge on any atom is -0.504 e. The number of methoxy groups -OCH3 is 1. The summed E-state index contributed by atoms with van der Waals surface area (Å²) >= 11 is 0. The van der Waals surface area contributed by atoms with Crippen LogP contribution in [0.4, 0.5) is 0 Å². The molecule has 1 aromatic carbocycles. The minimum absolute atomic E-state index is 0.00894. The fourth-order valence-corrected chi connectivity index (χ4v) is 4.16. The van der Waals surface area contributed by atoms with Crippen molar-refractivity contribution in [3.8, 4) is 11.5 Å². The molecule has 2 aliphatic heterocycles. The molecule has 3 rings (SSSR count).